The van der Waals surface area contributed by atoms with E-state index >= 15 is 0 Å². The van der Waals surface area contributed by atoms with E-state index in [-0.39, 0.29) is 11.7 Å². The Bertz CT molecular complexity index is 1260. The molecule has 1 fully saturated rings. The molecule has 0 radical (unpaired) electrons. The monoisotopic (exact) mass is 515 g/mol. The normalized spacial score (nSPS) is 21.4. The smallest absolute Gasteiger partial charge is 0.248 e. The average molecular weight is 516 g/mol. The second-order valence-corrected chi connectivity index (χ2v) is 10.1. The van der Waals surface area contributed by atoms with Crippen LogP contribution in [0.4, 0.5) is 21.0 Å². The number of fused-ring (bicyclic) bond motifs is 1. The van der Waals surface area contributed by atoms with Crippen molar-refractivity contribution < 1.29 is 19.4 Å². The Morgan fingerprint density at radius 2 is 1.97 bits per heavy atom. The molecule has 3 aromatic rings. The molecule has 2 aromatic heterocycles. The second kappa shape index (κ2) is 9.77. The third-order valence-corrected chi connectivity index (χ3v) is 7.72. The van der Waals surface area contributed by atoms with Gasteiger partial charge in [0.2, 0.25) is 5.91 Å². The third-order valence-electron chi connectivity index (χ3n) is 6.96. The Kier molecular flexibility index (Phi) is 6.68. The van der Waals surface area contributed by atoms with Crippen molar-refractivity contribution in [3.05, 3.63) is 41.4 Å². The van der Waals surface area contributed by atoms with Crippen LogP contribution in [0.15, 0.2) is 29.9 Å². The number of piperidine rings is 1. The minimum Gasteiger partial charge on any atom is -0.372 e. The highest BCUT2D eigenvalue weighted by atomic mass is 32.1. The highest BCUT2D eigenvalue weighted by Crippen LogP contribution is 2.36. The summed E-state index contributed by atoms with van der Waals surface area (Å²) in [5.74, 6) is -0.212. The van der Waals surface area contributed by atoms with Crippen molar-refractivity contribution in [1.29, 1.82) is 0 Å². The van der Waals surface area contributed by atoms with Gasteiger partial charge < -0.3 is 29.9 Å². The lowest BCUT2D eigenvalue weighted by atomic mass is 10.1. The summed E-state index contributed by atoms with van der Waals surface area (Å²) < 4.78 is 16.4. The number of amides is 1. The van der Waals surface area contributed by atoms with Crippen LogP contribution in [0.25, 0.3) is 11.3 Å². The first-order chi connectivity index (χ1) is 17.3. The Hall–Kier alpha value is -3.06. The number of imidazole rings is 1. The van der Waals surface area contributed by atoms with E-state index in [1.165, 1.54) is 40.0 Å². The van der Waals surface area contributed by atoms with Gasteiger partial charge in [0.05, 0.1) is 17.7 Å². The molecule has 192 valence electrons. The Labute approximate surface area is 212 Å². The maximum absolute atomic E-state index is 14.9. The molecule has 1 saturated heterocycles. The van der Waals surface area contributed by atoms with Crippen molar-refractivity contribution in [3.8, 4) is 11.3 Å². The minimum absolute atomic E-state index is 0.273. The lowest BCUT2D eigenvalue weighted by Crippen LogP contribution is -2.51. The van der Waals surface area contributed by atoms with Crippen LogP contribution < -0.4 is 15.1 Å². The van der Waals surface area contributed by atoms with Crippen LogP contribution in [0.3, 0.4) is 0 Å². The van der Waals surface area contributed by atoms with E-state index in [2.05, 4.69) is 20.2 Å². The molecule has 0 aliphatic carbocycles. The van der Waals surface area contributed by atoms with Crippen molar-refractivity contribution >= 4 is 33.9 Å². The number of thiazole rings is 1. The van der Waals surface area contributed by atoms with Crippen LogP contribution in [0.2, 0.25) is 0 Å². The lowest BCUT2D eigenvalue weighted by molar-refractivity contribution is -0.119. The van der Waals surface area contributed by atoms with Gasteiger partial charge in [-0.2, -0.15) is 0 Å². The van der Waals surface area contributed by atoms with Crippen LogP contribution in [0, 0.1) is 5.82 Å². The van der Waals surface area contributed by atoms with Gasteiger partial charge in [0, 0.05) is 31.1 Å². The number of anilines is 3. The largest absolute Gasteiger partial charge is 0.372 e. The summed E-state index contributed by atoms with van der Waals surface area (Å²) in [6.07, 6.45) is 2.64. The zero-order chi connectivity index (χ0) is 25.6. The van der Waals surface area contributed by atoms with Gasteiger partial charge in [-0.05, 0) is 45.4 Å². The fourth-order valence-electron chi connectivity index (χ4n) is 4.75. The highest BCUT2D eigenvalue weighted by Gasteiger charge is 2.38. The van der Waals surface area contributed by atoms with Crippen LogP contribution in [0.5, 0.6) is 0 Å². The molecule has 0 spiro atoms. The van der Waals surface area contributed by atoms with E-state index < -0.39 is 18.6 Å². The topological polar surface area (TPSA) is 110 Å². The zero-order valence-corrected chi connectivity index (χ0v) is 21.2. The van der Waals surface area contributed by atoms with Crippen LogP contribution in [-0.2, 0) is 4.79 Å². The van der Waals surface area contributed by atoms with E-state index in [0.717, 1.165) is 25.9 Å². The predicted molar refractivity (Wildman–Crippen MR) is 136 cm³/mol. The minimum atomic E-state index is -1.13. The Balaban J connectivity index is 1.30. The quantitative estimate of drug-likeness (QED) is 0.476. The number of hydrogen-bond donors (Lipinski definition) is 3. The van der Waals surface area contributed by atoms with Gasteiger partial charge in [0.15, 0.2) is 23.5 Å². The number of rotatable bonds is 5. The molecule has 3 N–H and O–H groups in total. The van der Waals surface area contributed by atoms with E-state index in [0.29, 0.717) is 33.6 Å². The standard InChI is InChI=1S/C24H30FN7O3S/c1-14(32-13-26-20-19(32)22(34)30(3)24(35)29(20)2)21(33)28-23-27-17(12-36-23)15-7-8-18(16(25)11-15)31-9-5-4-6-10-31/h7-8,11-14,22,24,34-35H,4-6,9-10H2,1-3H3,(H,27,28,33)/t14-,22-,24-/m0/s1. The highest BCUT2D eigenvalue weighted by molar-refractivity contribution is 7.14. The third kappa shape index (κ3) is 4.34. The van der Waals surface area contributed by atoms with Gasteiger partial charge >= 0.3 is 0 Å². The van der Waals surface area contributed by atoms with Crippen molar-refractivity contribution in [2.45, 2.75) is 44.8 Å². The Morgan fingerprint density at radius 3 is 2.69 bits per heavy atom. The summed E-state index contributed by atoms with van der Waals surface area (Å²) in [5.41, 5.74) is 2.26. The average Bonchev–Trinajstić information content (AvgIpc) is 3.54. The maximum atomic E-state index is 14.9. The molecule has 2 aliphatic rings. The number of aliphatic hydroxyl groups excluding tert-OH is 2. The summed E-state index contributed by atoms with van der Waals surface area (Å²) in [7, 11) is 3.24. The first-order valence-corrected chi connectivity index (χ1v) is 12.8. The zero-order valence-electron chi connectivity index (χ0n) is 20.4. The molecule has 2 aliphatic heterocycles. The van der Waals surface area contributed by atoms with Crippen molar-refractivity contribution in [2.24, 2.45) is 0 Å². The number of aliphatic hydroxyl groups is 2. The summed E-state index contributed by atoms with van der Waals surface area (Å²) in [4.78, 5) is 26.8. The summed E-state index contributed by atoms with van der Waals surface area (Å²) in [6.45, 7) is 3.43. The molecule has 1 amide bonds. The molecule has 0 unspecified atom stereocenters. The van der Waals surface area contributed by atoms with Gasteiger partial charge in [0.25, 0.3) is 0 Å². The summed E-state index contributed by atoms with van der Waals surface area (Å²) >= 11 is 1.26. The van der Waals surface area contributed by atoms with Gasteiger partial charge in [0.1, 0.15) is 17.6 Å². The fourth-order valence-corrected chi connectivity index (χ4v) is 5.47. The molecule has 36 heavy (non-hydrogen) atoms. The van der Waals surface area contributed by atoms with E-state index in [1.54, 1.807) is 37.0 Å². The van der Waals surface area contributed by atoms with Crippen LogP contribution in [-0.4, -0.2) is 69.1 Å². The molecule has 5 rings (SSSR count). The first-order valence-electron chi connectivity index (χ1n) is 11.9. The number of benzene rings is 1. The number of nitrogens with zero attached hydrogens (tertiary/aromatic N) is 6. The van der Waals surface area contributed by atoms with E-state index in [9.17, 15) is 19.4 Å². The van der Waals surface area contributed by atoms with Crippen molar-refractivity contribution in [1.82, 2.24) is 19.4 Å². The summed E-state index contributed by atoms with van der Waals surface area (Å²) in [5, 5.41) is 25.9. The van der Waals surface area contributed by atoms with E-state index in [1.807, 2.05) is 6.07 Å². The van der Waals surface area contributed by atoms with Gasteiger partial charge in [-0.3, -0.25) is 4.79 Å². The van der Waals surface area contributed by atoms with Gasteiger partial charge in [-0.25, -0.2) is 19.3 Å². The van der Waals surface area contributed by atoms with E-state index in [4.69, 9.17) is 0 Å². The molecule has 1 aromatic carbocycles. The SMILES string of the molecule is C[C@@H](C(=O)Nc1nc(-c2ccc(N3CCCCC3)c(F)c2)cs1)n1cnc2c1[C@H](O)N(C)[C@@H](O)N2C. The van der Waals surface area contributed by atoms with Crippen molar-refractivity contribution in [2.75, 3.05) is 42.3 Å². The maximum Gasteiger partial charge on any atom is 0.248 e. The van der Waals surface area contributed by atoms with Gasteiger partial charge in [-0.1, -0.05) is 6.07 Å². The second-order valence-electron chi connectivity index (χ2n) is 9.27. The number of carbonyl (C=O) groups excluding carboxylic acids is 1. The van der Waals surface area contributed by atoms with Crippen molar-refractivity contribution in [3.63, 3.8) is 0 Å². The number of aromatic nitrogens is 3. The number of hydrogen-bond acceptors (Lipinski definition) is 9. The number of halogens is 1. The molecule has 12 heteroatoms. The fraction of sp³-hybridized carbons (Fsp3) is 0.458. The predicted octanol–water partition coefficient (Wildman–Crippen LogP) is 2.98. The Morgan fingerprint density at radius 1 is 1.22 bits per heavy atom. The number of nitrogens with one attached hydrogen (secondary N) is 1. The molecule has 4 heterocycles. The van der Waals surface area contributed by atoms with Gasteiger partial charge in [-0.15, -0.1) is 11.3 Å². The molecular weight excluding hydrogens is 485 g/mol. The summed E-state index contributed by atoms with van der Waals surface area (Å²) in [6, 6.07) is 4.44. The van der Waals surface area contributed by atoms with Crippen LogP contribution >= 0.6 is 11.3 Å². The molecule has 0 saturated carbocycles. The van der Waals surface area contributed by atoms with Crippen LogP contribution in [0.1, 0.15) is 44.1 Å². The molecule has 0 bridgehead atoms. The number of carbonyl (C=O) groups is 1. The molecule has 3 atom stereocenters. The molecule has 10 nitrogen and oxygen atoms in total. The molecular formula is C24H30FN7O3S. The lowest BCUT2D eigenvalue weighted by Gasteiger charge is -2.40. The first kappa shape index (κ1) is 24.6.